The van der Waals surface area contributed by atoms with Gasteiger partial charge in [-0.25, -0.2) is 0 Å². The number of nitrogens with zero attached hydrogens (tertiary/aromatic N) is 2. The number of carboxylic acid groups (broad SMARTS) is 2. The molecular formula is C38H44N6O10. The Balaban J connectivity index is 1.50. The van der Waals surface area contributed by atoms with Gasteiger partial charge in [0.25, 0.3) is 11.8 Å². The normalized spacial score (nSPS) is 12.0. The van der Waals surface area contributed by atoms with Crippen LogP contribution in [0, 0.1) is 13.8 Å². The van der Waals surface area contributed by atoms with E-state index in [0.29, 0.717) is 34.0 Å². The lowest BCUT2D eigenvalue weighted by molar-refractivity contribution is -0.140. The predicted octanol–water partition coefficient (Wildman–Crippen LogP) is 3.13. The van der Waals surface area contributed by atoms with Crippen LogP contribution in [0.1, 0.15) is 56.1 Å². The maximum absolute atomic E-state index is 13.3. The molecule has 2 aromatic heterocycles. The van der Waals surface area contributed by atoms with Gasteiger partial charge in [-0.2, -0.15) is 0 Å². The molecule has 2 aromatic carbocycles. The molecule has 286 valence electrons. The van der Waals surface area contributed by atoms with Crippen molar-refractivity contribution in [3.8, 4) is 22.6 Å². The monoisotopic (exact) mass is 744 g/mol. The van der Waals surface area contributed by atoms with Crippen LogP contribution in [0.15, 0.2) is 60.9 Å². The number of methoxy groups -OCH3 is 2. The van der Waals surface area contributed by atoms with Gasteiger partial charge in [-0.1, -0.05) is 24.3 Å². The first-order valence-corrected chi connectivity index (χ1v) is 16.9. The Morgan fingerprint density at radius 2 is 1.06 bits per heavy atom. The number of pyridine rings is 2. The Kier molecular flexibility index (Phi) is 14.5. The summed E-state index contributed by atoms with van der Waals surface area (Å²) in [6.45, 7) is 3.31. The lowest BCUT2D eigenvalue weighted by atomic mass is 9.94. The van der Waals surface area contributed by atoms with Crippen LogP contribution in [0.3, 0.4) is 0 Å². The van der Waals surface area contributed by atoms with Crippen LogP contribution in [0.2, 0.25) is 0 Å². The number of benzene rings is 2. The molecule has 16 heteroatoms. The van der Waals surface area contributed by atoms with E-state index >= 15 is 0 Å². The molecule has 0 spiro atoms. The van der Waals surface area contributed by atoms with Gasteiger partial charge in [0, 0.05) is 73.3 Å². The number of aliphatic hydroxyl groups excluding tert-OH is 2. The van der Waals surface area contributed by atoms with E-state index in [4.69, 9.17) is 19.7 Å². The Morgan fingerprint density at radius 1 is 0.667 bits per heavy atom. The number of hydrogen-bond acceptors (Lipinski definition) is 12. The van der Waals surface area contributed by atoms with Crippen molar-refractivity contribution in [3.63, 3.8) is 0 Å². The number of aliphatic carboxylic acids is 2. The van der Waals surface area contributed by atoms with Gasteiger partial charge >= 0.3 is 11.9 Å². The summed E-state index contributed by atoms with van der Waals surface area (Å²) in [5, 5.41) is 48.5. The molecule has 2 amide bonds. The van der Waals surface area contributed by atoms with E-state index in [1.165, 1.54) is 38.7 Å². The highest BCUT2D eigenvalue weighted by Gasteiger charge is 2.21. The number of carbonyl (C=O) groups excluding carboxylic acids is 2. The minimum Gasteiger partial charge on any atom is -0.496 e. The van der Waals surface area contributed by atoms with Crippen LogP contribution in [-0.2, 0) is 22.7 Å². The summed E-state index contributed by atoms with van der Waals surface area (Å²) in [7, 11) is 2.86. The summed E-state index contributed by atoms with van der Waals surface area (Å²) in [5.74, 6) is -2.52. The minimum absolute atomic E-state index is 0.0244. The molecule has 0 aliphatic heterocycles. The third-order valence-corrected chi connectivity index (χ3v) is 8.76. The molecular weight excluding hydrogens is 700 g/mol. The molecule has 0 radical (unpaired) electrons. The molecule has 54 heavy (non-hydrogen) atoms. The number of ether oxygens (including phenoxy) is 2. The van der Waals surface area contributed by atoms with Gasteiger partial charge in [0.2, 0.25) is 0 Å². The van der Waals surface area contributed by atoms with Crippen molar-refractivity contribution < 1.29 is 49.1 Å². The molecule has 0 aliphatic carbocycles. The Hall–Kier alpha value is -5.94. The summed E-state index contributed by atoms with van der Waals surface area (Å²) in [6, 6.07) is 11.9. The molecule has 0 saturated heterocycles. The molecule has 16 nitrogen and oxygen atoms in total. The van der Waals surface area contributed by atoms with Crippen LogP contribution in [0.5, 0.6) is 11.5 Å². The fourth-order valence-corrected chi connectivity index (χ4v) is 5.67. The van der Waals surface area contributed by atoms with Crippen molar-refractivity contribution in [2.75, 3.05) is 38.1 Å². The molecule has 2 heterocycles. The van der Waals surface area contributed by atoms with E-state index < -0.39 is 35.8 Å². The fraction of sp³-hybridized carbons (Fsp3) is 0.316. The van der Waals surface area contributed by atoms with Crippen molar-refractivity contribution in [3.05, 3.63) is 94.6 Å². The number of aromatic nitrogens is 2. The zero-order valence-electron chi connectivity index (χ0n) is 30.3. The summed E-state index contributed by atoms with van der Waals surface area (Å²) in [6.07, 6.45) is 2.91. The average molecular weight is 745 g/mol. The molecule has 0 unspecified atom stereocenters. The highest BCUT2D eigenvalue weighted by Crippen LogP contribution is 2.34. The maximum atomic E-state index is 13.3. The van der Waals surface area contributed by atoms with E-state index in [0.717, 1.165) is 22.3 Å². The lowest BCUT2D eigenvalue weighted by Gasteiger charge is -2.17. The molecule has 8 N–H and O–H groups in total. The molecule has 0 fully saturated rings. The van der Waals surface area contributed by atoms with E-state index in [2.05, 4.69) is 31.2 Å². The van der Waals surface area contributed by atoms with E-state index in [9.17, 15) is 29.4 Å². The smallest absolute Gasteiger partial charge is 0.320 e. The third-order valence-electron chi connectivity index (χ3n) is 8.76. The quantitative estimate of drug-likeness (QED) is 0.0688. The second-order valence-corrected chi connectivity index (χ2v) is 12.2. The zero-order valence-corrected chi connectivity index (χ0v) is 30.3. The van der Waals surface area contributed by atoms with Crippen LogP contribution in [-0.4, -0.2) is 93.7 Å². The van der Waals surface area contributed by atoms with Crippen LogP contribution in [0.25, 0.3) is 11.1 Å². The summed E-state index contributed by atoms with van der Waals surface area (Å²) in [4.78, 5) is 58.1. The Labute approximate surface area is 311 Å². The molecule has 0 bridgehead atoms. The summed E-state index contributed by atoms with van der Waals surface area (Å²) < 4.78 is 10.9. The number of nitrogens with one attached hydrogen (secondary N) is 4. The minimum atomic E-state index is -1.10. The SMILES string of the molecule is COc1cc(C(=O)Nc2cccc(-c3cccc(NC(=O)c4cc(OC)c(CN[C@H](CCO)C(=O)O)cn4)c3C)c2C)ncc1CN[C@H](CCO)C(=O)O. The van der Waals surface area contributed by atoms with Gasteiger partial charge in [0.1, 0.15) is 35.0 Å². The topological polar surface area (TPSA) is 242 Å². The van der Waals surface area contributed by atoms with Gasteiger partial charge in [-0.15, -0.1) is 0 Å². The van der Waals surface area contributed by atoms with Gasteiger partial charge in [-0.3, -0.25) is 29.1 Å². The molecule has 4 rings (SSSR count). The number of rotatable bonds is 19. The highest BCUT2D eigenvalue weighted by atomic mass is 16.5. The van der Waals surface area contributed by atoms with Crippen molar-refractivity contribution >= 4 is 35.1 Å². The third kappa shape index (κ3) is 10.1. The number of aliphatic hydroxyl groups is 2. The first-order valence-electron chi connectivity index (χ1n) is 16.9. The van der Waals surface area contributed by atoms with Crippen molar-refractivity contribution in [2.45, 2.75) is 51.9 Å². The van der Waals surface area contributed by atoms with Gasteiger partial charge in [0.05, 0.1) is 14.2 Å². The zero-order chi connectivity index (χ0) is 39.4. The lowest BCUT2D eigenvalue weighted by Crippen LogP contribution is -2.37. The highest BCUT2D eigenvalue weighted by molar-refractivity contribution is 6.05. The summed E-state index contributed by atoms with van der Waals surface area (Å²) in [5.41, 5.74) is 5.41. The standard InChI is InChI=1S/C38H44N6O10/c1-21-25(7-5-9-27(21)43-35(47)31-15-33(53-3)23(19-41-31)17-39-29(11-13-45)37(49)50)26-8-6-10-28(22(26)2)44-36(48)32-16-34(54-4)24(20-42-32)18-40-30(12-14-46)38(51)52/h5-10,15-16,19-20,29-30,39-40,45-46H,11-14,17-18H2,1-4H3,(H,43,47)(H,44,48)(H,49,50)(H,51,52)/t29-,30-/m1/s1. The van der Waals surface area contributed by atoms with E-state index in [1.54, 1.807) is 24.3 Å². The molecule has 0 aliphatic rings. The first-order chi connectivity index (χ1) is 25.9. The van der Waals surface area contributed by atoms with E-state index in [1.807, 2.05) is 26.0 Å². The first kappa shape index (κ1) is 40.8. The average Bonchev–Trinajstić information content (AvgIpc) is 3.16. The van der Waals surface area contributed by atoms with Crippen molar-refractivity contribution in [1.29, 1.82) is 0 Å². The number of amides is 2. The van der Waals surface area contributed by atoms with Gasteiger partial charge in [-0.05, 0) is 61.1 Å². The predicted molar refractivity (Wildman–Crippen MR) is 199 cm³/mol. The van der Waals surface area contributed by atoms with Crippen LogP contribution >= 0.6 is 0 Å². The maximum Gasteiger partial charge on any atom is 0.320 e. The largest absolute Gasteiger partial charge is 0.496 e. The number of carboxylic acids is 2. The van der Waals surface area contributed by atoms with Crippen LogP contribution < -0.4 is 30.7 Å². The van der Waals surface area contributed by atoms with E-state index in [-0.39, 0.29) is 50.5 Å². The fourth-order valence-electron chi connectivity index (χ4n) is 5.67. The Bertz CT molecular complexity index is 1850. The van der Waals surface area contributed by atoms with Crippen molar-refractivity contribution in [2.24, 2.45) is 0 Å². The van der Waals surface area contributed by atoms with Crippen LogP contribution in [0.4, 0.5) is 11.4 Å². The molecule has 0 saturated carbocycles. The van der Waals surface area contributed by atoms with Gasteiger partial charge < -0.3 is 51.2 Å². The van der Waals surface area contributed by atoms with Crippen molar-refractivity contribution in [1.82, 2.24) is 20.6 Å². The number of anilines is 2. The number of carbonyl (C=O) groups is 4. The molecule has 2 atom stereocenters. The molecule has 4 aromatic rings. The Morgan fingerprint density at radius 3 is 1.39 bits per heavy atom. The summed E-state index contributed by atoms with van der Waals surface area (Å²) >= 11 is 0. The second kappa shape index (κ2) is 19.2. The number of hydrogen-bond donors (Lipinski definition) is 8. The van der Waals surface area contributed by atoms with Gasteiger partial charge in [0.15, 0.2) is 0 Å². The second-order valence-electron chi connectivity index (χ2n) is 12.2.